The third-order valence-electron chi connectivity index (χ3n) is 2.88. The standard InChI is InChI=1S/C14H15ClFN3O/c1-9-7-10(2)19(18-9)12-6-4-3-5-11(12)8-17-14(20)13(15)16/h3-7,13H,8H2,1-2H3,(H,17,20). The number of aromatic nitrogens is 2. The van der Waals surface area contributed by atoms with Gasteiger partial charge in [0.2, 0.25) is 0 Å². The summed E-state index contributed by atoms with van der Waals surface area (Å²) in [4.78, 5) is 11.2. The molecule has 0 radical (unpaired) electrons. The number of amides is 1. The van der Waals surface area contributed by atoms with Crippen molar-refractivity contribution in [2.24, 2.45) is 0 Å². The van der Waals surface area contributed by atoms with Crippen LogP contribution in [-0.2, 0) is 11.3 Å². The highest BCUT2D eigenvalue weighted by Crippen LogP contribution is 2.17. The van der Waals surface area contributed by atoms with E-state index in [0.717, 1.165) is 22.6 Å². The quantitative estimate of drug-likeness (QED) is 0.882. The number of nitrogens with one attached hydrogen (secondary N) is 1. The Hall–Kier alpha value is -1.88. The van der Waals surface area contributed by atoms with Crippen LogP contribution >= 0.6 is 11.6 Å². The Bertz CT molecular complexity index is 625. The third kappa shape index (κ3) is 3.17. The van der Waals surface area contributed by atoms with Crippen LogP contribution in [0.2, 0.25) is 0 Å². The van der Waals surface area contributed by atoms with E-state index < -0.39 is 11.5 Å². The van der Waals surface area contributed by atoms with Gasteiger partial charge in [0.15, 0.2) is 0 Å². The van der Waals surface area contributed by atoms with Gasteiger partial charge in [-0.3, -0.25) is 4.79 Å². The maximum absolute atomic E-state index is 12.6. The van der Waals surface area contributed by atoms with Gasteiger partial charge in [0.1, 0.15) is 0 Å². The molecule has 2 rings (SSSR count). The molecule has 0 fully saturated rings. The SMILES string of the molecule is Cc1cc(C)n(-c2ccccc2CNC(=O)C(F)Cl)n1. The summed E-state index contributed by atoms with van der Waals surface area (Å²) in [7, 11) is 0. The fourth-order valence-corrected chi connectivity index (χ4v) is 2.08. The maximum atomic E-state index is 12.6. The smallest absolute Gasteiger partial charge is 0.270 e. The fraction of sp³-hybridized carbons (Fsp3) is 0.286. The number of alkyl halides is 2. The number of aryl methyl sites for hydroxylation is 2. The maximum Gasteiger partial charge on any atom is 0.270 e. The first-order valence-corrected chi connectivity index (χ1v) is 6.60. The lowest BCUT2D eigenvalue weighted by Crippen LogP contribution is -2.28. The van der Waals surface area contributed by atoms with Gasteiger partial charge in [0.05, 0.1) is 11.4 Å². The first-order valence-electron chi connectivity index (χ1n) is 6.16. The number of halogens is 2. The summed E-state index contributed by atoms with van der Waals surface area (Å²) in [6.45, 7) is 4.06. The lowest BCUT2D eigenvalue weighted by Gasteiger charge is -2.12. The Morgan fingerprint density at radius 1 is 1.45 bits per heavy atom. The summed E-state index contributed by atoms with van der Waals surface area (Å²) in [5, 5.41) is 6.85. The largest absolute Gasteiger partial charge is 0.348 e. The molecule has 1 amide bonds. The number of hydrogen-bond donors (Lipinski definition) is 1. The molecule has 2 aromatic rings. The molecule has 0 aliphatic heterocycles. The van der Waals surface area contributed by atoms with Gasteiger partial charge < -0.3 is 5.32 Å². The van der Waals surface area contributed by atoms with Gasteiger partial charge in [0.25, 0.3) is 11.5 Å². The molecule has 0 saturated heterocycles. The average Bonchev–Trinajstić information content (AvgIpc) is 2.75. The molecular weight excluding hydrogens is 281 g/mol. The highest BCUT2D eigenvalue weighted by atomic mass is 35.5. The number of nitrogens with zero attached hydrogens (tertiary/aromatic N) is 2. The van der Waals surface area contributed by atoms with Gasteiger partial charge in [-0.05, 0) is 31.5 Å². The lowest BCUT2D eigenvalue weighted by molar-refractivity contribution is -0.123. The minimum atomic E-state index is -2.03. The Morgan fingerprint density at radius 3 is 2.75 bits per heavy atom. The van der Waals surface area contributed by atoms with Crippen molar-refractivity contribution in [1.82, 2.24) is 15.1 Å². The third-order valence-corrected chi connectivity index (χ3v) is 3.08. The second kappa shape index (κ2) is 6.05. The van der Waals surface area contributed by atoms with Gasteiger partial charge in [-0.25, -0.2) is 9.07 Å². The molecule has 1 N–H and O–H groups in total. The van der Waals surface area contributed by atoms with Gasteiger partial charge in [-0.2, -0.15) is 5.10 Å². The molecule has 1 aromatic carbocycles. The molecule has 0 spiro atoms. The second-order valence-corrected chi connectivity index (χ2v) is 4.87. The molecule has 0 bridgehead atoms. The average molecular weight is 296 g/mol. The normalized spacial score (nSPS) is 12.2. The molecule has 6 heteroatoms. The van der Waals surface area contributed by atoms with Crippen LogP contribution in [0.25, 0.3) is 5.69 Å². The molecule has 106 valence electrons. The highest BCUT2D eigenvalue weighted by Gasteiger charge is 2.14. The molecule has 1 atom stereocenters. The predicted octanol–water partition coefficient (Wildman–Crippen LogP) is 2.64. The van der Waals surface area contributed by atoms with E-state index in [9.17, 15) is 9.18 Å². The zero-order chi connectivity index (χ0) is 14.7. The van der Waals surface area contributed by atoms with Gasteiger partial charge in [-0.1, -0.05) is 29.8 Å². The summed E-state index contributed by atoms with van der Waals surface area (Å²) in [5.74, 6) is -0.838. The number of rotatable bonds is 4. The van der Waals surface area contributed by atoms with E-state index in [-0.39, 0.29) is 6.54 Å². The van der Waals surface area contributed by atoms with Crippen LogP contribution in [0.15, 0.2) is 30.3 Å². The number of para-hydroxylation sites is 1. The summed E-state index contributed by atoms with van der Waals surface area (Å²) >= 11 is 5.08. The van der Waals surface area contributed by atoms with Crippen LogP contribution in [0, 0.1) is 13.8 Å². The second-order valence-electron chi connectivity index (χ2n) is 4.49. The van der Waals surface area contributed by atoms with E-state index in [2.05, 4.69) is 10.4 Å². The number of benzene rings is 1. The van der Waals surface area contributed by atoms with Gasteiger partial charge >= 0.3 is 0 Å². The predicted molar refractivity (Wildman–Crippen MR) is 75.6 cm³/mol. The van der Waals surface area contributed by atoms with Crippen molar-refractivity contribution >= 4 is 17.5 Å². The van der Waals surface area contributed by atoms with E-state index in [4.69, 9.17) is 11.6 Å². The summed E-state index contributed by atoms with van der Waals surface area (Å²) in [5.41, 5.74) is 1.55. The van der Waals surface area contributed by atoms with Crippen LogP contribution < -0.4 is 5.32 Å². The summed E-state index contributed by atoms with van der Waals surface area (Å²) in [6, 6.07) is 9.45. The minimum Gasteiger partial charge on any atom is -0.348 e. The Morgan fingerprint density at radius 2 is 2.15 bits per heavy atom. The minimum absolute atomic E-state index is 0.195. The van der Waals surface area contributed by atoms with Gasteiger partial charge in [0, 0.05) is 12.2 Å². The van der Waals surface area contributed by atoms with Crippen LogP contribution in [0.1, 0.15) is 17.0 Å². The highest BCUT2D eigenvalue weighted by molar-refractivity contribution is 6.29. The zero-order valence-corrected chi connectivity index (χ0v) is 12.0. The lowest BCUT2D eigenvalue weighted by atomic mass is 10.1. The van der Waals surface area contributed by atoms with Crippen LogP contribution in [0.4, 0.5) is 4.39 Å². The van der Waals surface area contributed by atoms with Gasteiger partial charge in [-0.15, -0.1) is 0 Å². The van der Waals surface area contributed by atoms with Crippen LogP contribution in [0.5, 0.6) is 0 Å². The van der Waals surface area contributed by atoms with Crippen molar-refractivity contribution < 1.29 is 9.18 Å². The molecular formula is C14H15ClFN3O. The van der Waals surface area contributed by atoms with E-state index in [1.807, 2.05) is 44.2 Å². The van der Waals surface area contributed by atoms with E-state index in [0.29, 0.717) is 0 Å². The van der Waals surface area contributed by atoms with Crippen molar-refractivity contribution in [2.75, 3.05) is 0 Å². The van der Waals surface area contributed by atoms with Crippen molar-refractivity contribution in [2.45, 2.75) is 26.0 Å². The first kappa shape index (κ1) is 14.5. The topological polar surface area (TPSA) is 46.9 Å². The number of carbonyl (C=O) groups is 1. The van der Waals surface area contributed by atoms with E-state index in [1.54, 1.807) is 4.68 Å². The molecule has 1 heterocycles. The molecule has 0 aliphatic rings. The summed E-state index contributed by atoms with van der Waals surface area (Å²) in [6.07, 6.45) is 0. The molecule has 1 unspecified atom stereocenters. The first-order chi connectivity index (χ1) is 9.49. The summed E-state index contributed by atoms with van der Waals surface area (Å²) < 4.78 is 14.4. The number of carbonyl (C=O) groups excluding carboxylic acids is 1. The van der Waals surface area contributed by atoms with Crippen molar-refractivity contribution in [3.63, 3.8) is 0 Å². The Labute approximate surface area is 121 Å². The van der Waals surface area contributed by atoms with E-state index >= 15 is 0 Å². The molecule has 0 saturated carbocycles. The van der Waals surface area contributed by atoms with Crippen LogP contribution in [-0.4, -0.2) is 21.3 Å². The van der Waals surface area contributed by atoms with Crippen molar-refractivity contribution in [3.05, 3.63) is 47.3 Å². The Balaban J connectivity index is 2.27. The molecule has 1 aromatic heterocycles. The monoisotopic (exact) mass is 295 g/mol. The zero-order valence-electron chi connectivity index (χ0n) is 11.2. The van der Waals surface area contributed by atoms with E-state index in [1.165, 1.54) is 0 Å². The fourth-order valence-electron chi connectivity index (χ4n) is 2.00. The molecule has 0 aliphatic carbocycles. The van der Waals surface area contributed by atoms with Crippen molar-refractivity contribution in [1.29, 1.82) is 0 Å². The molecule has 20 heavy (non-hydrogen) atoms. The molecule has 4 nitrogen and oxygen atoms in total. The Kier molecular flexibility index (Phi) is 4.39. The van der Waals surface area contributed by atoms with Crippen LogP contribution in [0.3, 0.4) is 0 Å². The van der Waals surface area contributed by atoms with Crippen molar-refractivity contribution in [3.8, 4) is 5.69 Å². The number of hydrogen-bond acceptors (Lipinski definition) is 2.